The summed E-state index contributed by atoms with van der Waals surface area (Å²) in [5.41, 5.74) is 2.07. The fraction of sp³-hybridized carbons (Fsp3) is 0.308. The number of nitrogens with zero attached hydrogens (tertiary/aromatic N) is 2. The maximum Gasteiger partial charge on any atom is 0.257 e. The molecule has 1 unspecified atom stereocenters. The lowest BCUT2D eigenvalue weighted by molar-refractivity contribution is -0.134. The zero-order chi connectivity index (χ0) is 23.5. The molecule has 3 aromatic rings. The molecular weight excluding hydrogens is 439 g/mol. The zero-order valence-electron chi connectivity index (χ0n) is 19.0. The van der Waals surface area contributed by atoms with Crippen LogP contribution in [0.2, 0.25) is 0 Å². The number of thiophene rings is 1. The van der Waals surface area contributed by atoms with Crippen molar-refractivity contribution < 1.29 is 18.7 Å². The zero-order valence-corrected chi connectivity index (χ0v) is 19.8. The van der Waals surface area contributed by atoms with Crippen molar-refractivity contribution in [1.29, 1.82) is 0 Å². The Morgan fingerprint density at radius 1 is 1.15 bits per heavy atom. The van der Waals surface area contributed by atoms with Crippen LogP contribution in [-0.2, 0) is 11.2 Å². The predicted octanol–water partition coefficient (Wildman–Crippen LogP) is 4.92. The average molecular weight is 467 g/mol. The van der Waals surface area contributed by atoms with Crippen LogP contribution >= 0.6 is 11.3 Å². The van der Waals surface area contributed by atoms with Gasteiger partial charge >= 0.3 is 0 Å². The van der Waals surface area contributed by atoms with E-state index in [0.717, 1.165) is 23.3 Å². The maximum absolute atomic E-state index is 14.3. The van der Waals surface area contributed by atoms with Crippen molar-refractivity contribution in [2.24, 2.45) is 0 Å². The van der Waals surface area contributed by atoms with E-state index in [1.165, 1.54) is 21.9 Å². The lowest BCUT2D eigenvalue weighted by atomic mass is 9.93. The number of methoxy groups -OCH3 is 1. The van der Waals surface area contributed by atoms with E-state index in [0.29, 0.717) is 6.54 Å². The molecule has 5 nitrogen and oxygen atoms in total. The molecule has 2 amide bonds. The van der Waals surface area contributed by atoms with E-state index in [1.807, 2.05) is 43.0 Å². The van der Waals surface area contributed by atoms with E-state index in [-0.39, 0.29) is 30.1 Å². The predicted molar refractivity (Wildman–Crippen MR) is 127 cm³/mol. The Labute approximate surface area is 197 Å². The first-order chi connectivity index (χ1) is 15.9. The smallest absolute Gasteiger partial charge is 0.257 e. The fourth-order valence-corrected chi connectivity index (χ4v) is 5.15. The van der Waals surface area contributed by atoms with Crippen LogP contribution < -0.4 is 4.74 Å². The van der Waals surface area contributed by atoms with Crippen LogP contribution in [0.5, 0.6) is 5.75 Å². The van der Waals surface area contributed by atoms with Gasteiger partial charge in [-0.2, -0.15) is 0 Å². The van der Waals surface area contributed by atoms with E-state index >= 15 is 0 Å². The Kier molecular flexibility index (Phi) is 6.79. The summed E-state index contributed by atoms with van der Waals surface area (Å²) in [4.78, 5) is 31.2. The highest BCUT2D eigenvalue weighted by Gasteiger charge is 2.34. The molecule has 1 aliphatic rings. The van der Waals surface area contributed by atoms with E-state index in [4.69, 9.17) is 4.74 Å². The van der Waals surface area contributed by atoms with Crippen molar-refractivity contribution in [1.82, 2.24) is 9.80 Å². The number of hydrogen-bond acceptors (Lipinski definition) is 4. The summed E-state index contributed by atoms with van der Waals surface area (Å²) in [5.74, 6) is -0.478. The number of fused-ring (bicyclic) bond motifs is 1. The molecule has 7 heteroatoms. The highest BCUT2D eigenvalue weighted by molar-refractivity contribution is 7.10. The van der Waals surface area contributed by atoms with Gasteiger partial charge in [-0.25, -0.2) is 4.39 Å². The van der Waals surface area contributed by atoms with Crippen LogP contribution in [0.1, 0.15) is 46.3 Å². The molecular formula is C26H27FN2O3S. The molecule has 2 heterocycles. The molecule has 2 aromatic carbocycles. The Morgan fingerprint density at radius 3 is 2.55 bits per heavy atom. The van der Waals surface area contributed by atoms with Gasteiger partial charge in [-0.1, -0.05) is 24.3 Å². The second-order valence-corrected chi connectivity index (χ2v) is 9.32. The first-order valence-electron chi connectivity index (χ1n) is 11.0. The van der Waals surface area contributed by atoms with Gasteiger partial charge < -0.3 is 14.5 Å². The van der Waals surface area contributed by atoms with Crippen LogP contribution in [0.4, 0.5) is 4.39 Å². The number of hydrogen-bond donors (Lipinski definition) is 0. The summed E-state index contributed by atoms with van der Waals surface area (Å²) in [6.45, 7) is 4.11. The number of halogens is 1. The first kappa shape index (κ1) is 23.0. The molecule has 0 spiro atoms. The summed E-state index contributed by atoms with van der Waals surface area (Å²) in [7, 11) is 1.62. The number of carbonyl (C=O) groups is 2. The molecule has 172 valence electrons. The van der Waals surface area contributed by atoms with Gasteiger partial charge in [-0.05, 0) is 67.1 Å². The molecule has 4 rings (SSSR count). The fourth-order valence-electron chi connectivity index (χ4n) is 4.25. The van der Waals surface area contributed by atoms with Crippen molar-refractivity contribution in [2.45, 2.75) is 32.4 Å². The molecule has 1 atom stereocenters. The third kappa shape index (κ3) is 4.64. The molecule has 1 aliphatic heterocycles. The molecule has 0 saturated carbocycles. The summed E-state index contributed by atoms with van der Waals surface area (Å²) < 4.78 is 19.6. The van der Waals surface area contributed by atoms with E-state index in [1.54, 1.807) is 30.6 Å². The minimum absolute atomic E-state index is 0.0236. The van der Waals surface area contributed by atoms with Crippen LogP contribution in [0, 0.1) is 5.82 Å². The Morgan fingerprint density at radius 2 is 1.88 bits per heavy atom. The second kappa shape index (κ2) is 9.75. The number of amides is 2. The van der Waals surface area contributed by atoms with Gasteiger partial charge in [0.2, 0.25) is 5.91 Å². The molecule has 0 saturated heterocycles. The quantitative estimate of drug-likeness (QED) is 0.518. The van der Waals surface area contributed by atoms with E-state index in [9.17, 15) is 14.0 Å². The van der Waals surface area contributed by atoms with E-state index < -0.39 is 11.7 Å². The molecule has 0 aliphatic carbocycles. The SMILES string of the molecule is COc1ccc(C2c3ccsc3CCN2C(=O)CN(C(=O)c2ccccc2F)C(C)C)cc1. The normalized spacial score (nSPS) is 15.3. The maximum atomic E-state index is 14.3. The second-order valence-electron chi connectivity index (χ2n) is 8.32. The number of carbonyl (C=O) groups excluding carboxylic acids is 2. The highest BCUT2D eigenvalue weighted by atomic mass is 32.1. The Balaban J connectivity index is 1.63. The molecule has 0 N–H and O–H groups in total. The van der Waals surface area contributed by atoms with Crippen LogP contribution in [-0.4, -0.2) is 47.9 Å². The van der Waals surface area contributed by atoms with Gasteiger partial charge in [0.15, 0.2) is 0 Å². The van der Waals surface area contributed by atoms with Crippen molar-refractivity contribution in [3.63, 3.8) is 0 Å². The average Bonchev–Trinajstić information content (AvgIpc) is 3.30. The minimum atomic E-state index is -0.586. The summed E-state index contributed by atoms with van der Waals surface area (Å²) in [6, 6.07) is 15.2. The first-order valence-corrected chi connectivity index (χ1v) is 11.8. The standard InChI is InChI=1S/C26H27FN2O3S/c1-17(2)29(26(31)20-6-4-5-7-22(20)27)16-24(30)28-14-12-23-21(13-15-33-23)25(28)18-8-10-19(32-3)11-9-18/h4-11,13,15,17,25H,12,14,16H2,1-3H3. The van der Waals surface area contributed by atoms with Gasteiger partial charge in [0.1, 0.15) is 18.1 Å². The van der Waals surface area contributed by atoms with Crippen molar-refractivity contribution in [3.05, 3.63) is 87.4 Å². The van der Waals surface area contributed by atoms with Gasteiger partial charge in [0.05, 0.1) is 18.7 Å². The van der Waals surface area contributed by atoms with Crippen LogP contribution in [0.15, 0.2) is 60.0 Å². The van der Waals surface area contributed by atoms with E-state index in [2.05, 4.69) is 11.4 Å². The molecule has 0 fully saturated rings. The monoisotopic (exact) mass is 466 g/mol. The highest BCUT2D eigenvalue weighted by Crippen LogP contribution is 2.38. The third-order valence-corrected chi connectivity index (χ3v) is 7.01. The Hall–Kier alpha value is -3.19. The largest absolute Gasteiger partial charge is 0.497 e. The van der Waals surface area contributed by atoms with Gasteiger partial charge in [-0.3, -0.25) is 9.59 Å². The summed E-state index contributed by atoms with van der Waals surface area (Å²) >= 11 is 1.70. The Bertz CT molecular complexity index is 1140. The number of benzene rings is 2. The van der Waals surface area contributed by atoms with Gasteiger partial charge in [-0.15, -0.1) is 11.3 Å². The summed E-state index contributed by atoms with van der Waals surface area (Å²) in [5, 5.41) is 2.05. The van der Waals surface area contributed by atoms with Crippen molar-refractivity contribution in [2.75, 3.05) is 20.2 Å². The van der Waals surface area contributed by atoms with Gasteiger partial charge in [0.25, 0.3) is 5.91 Å². The molecule has 33 heavy (non-hydrogen) atoms. The third-order valence-electron chi connectivity index (χ3n) is 6.01. The van der Waals surface area contributed by atoms with Crippen molar-refractivity contribution >= 4 is 23.2 Å². The van der Waals surface area contributed by atoms with Gasteiger partial charge in [0, 0.05) is 17.5 Å². The lowest BCUT2D eigenvalue weighted by Crippen LogP contribution is -2.48. The minimum Gasteiger partial charge on any atom is -0.497 e. The number of rotatable bonds is 6. The van der Waals surface area contributed by atoms with Crippen molar-refractivity contribution in [3.8, 4) is 5.75 Å². The topological polar surface area (TPSA) is 49.9 Å². The van der Waals surface area contributed by atoms with Crippen LogP contribution in [0.25, 0.3) is 0 Å². The number of ether oxygens (including phenoxy) is 1. The molecule has 1 aromatic heterocycles. The molecule has 0 radical (unpaired) electrons. The molecule has 0 bridgehead atoms. The summed E-state index contributed by atoms with van der Waals surface area (Å²) in [6.07, 6.45) is 0.772. The van der Waals surface area contributed by atoms with Crippen LogP contribution in [0.3, 0.4) is 0 Å². The lowest BCUT2D eigenvalue weighted by Gasteiger charge is -2.38.